The van der Waals surface area contributed by atoms with Gasteiger partial charge in [-0.2, -0.15) is 0 Å². The molecule has 1 aliphatic carbocycles. The third-order valence-electron chi connectivity index (χ3n) is 3.78. The van der Waals surface area contributed by atoms with E-state index in [9.17, 15) is 5.11 Å². The predicted octanol–water partition coefficient (Wildman–Crippen LogP) is 3.85. The molecule has 1 atom stereocenters. The number of hydrogen-bond donors (Lipinski definition) is 1. The molecule has 1 unspecified atom stereocenters. The fraction of sp³-hybridized carbons (Fsp3) is 0.538. The van der Waals surface area contributed by atoms with Crippen LogP contribution in [-0.2, 0) is 5.60 Å². The zero-order valence-corrected chi connectivity index (χ0v) is 10.8. The van der Waals surface area contributed by atoms with E-state index in [0.29, 0.717) is 0 Å². The molecule has 0 spiro atoms. The van der Waals surface area contributed by atoms with Crippen molar-refractivity contribution in [3.8, 4) is 0 Å². The molecule has 1 aliphatic rings. The van der Waals surface area contributed by atoms with Crippen LogP contribution >= 0.6 is 15.9 Å². The first-order valence-corrected chi connectivity index (χ1v) is 6.23. The van der Waals surface area contributed by atoms with Crippen LogP contribution in [0, 0.1) is 5.41 Å². The van der Waals surface area contributed by atoms with Gasteiger partial charge < -0.3 is 5.11 Å². The molecule has 1 saturated carbocycles. The first kappa shape index (κ1) is 11.2. The Hall–Kier alpha value is -0.340. The first-order valence-electron chi connectivity index (χ1n) is 5.44. The van der Waals surface area contributed by atoms with Crippen molar-refractivity contribution in [1.29, 1.82) is 0 Å². The third kappa shape index (κ3) is 1.74. The molecule has 82 valence electrons. The average Bonchev–Trinajstić information content (AvgIpc) is 2.43. The van der Waals surface area contributed by atoms with Crippen LogP contribution in [0.15, 0.2) is 28.7 Å². The van der Waals surface area contributed by atoms with Crippen LogP contribution in [0.2, 0.25) is 0 Å². The van der Waals surface area contributed by atoms with Gasteiger partial charge in [0.1, 0.15) is 0 Å². The van der Waals surface area contributed by atoms with Gasteiger partial charge in [0.2, 0.25) is 0 Å². The van der Waals surface area contributed by atoms with Crippen molar-refractivity contribution in [2.45, 2.75) is 38.7 Å². The minimum Gasteiger partial charge on any atom is -0.385 e. The number of aliphatic hydroxyl groups is 1. The summed E-state index contributed by atoms with van der Waals surface area (Å²) in [6, 6.07) is 8.05. The van der Waals surface area contributed by atoms with Gasteiger partial charge in [-0.3, -0.25) is 0 Å². The maximum atomic E-state index is 10.8. The van der Waals surface area contributed by atoms with Gasteiger partial charge in [-0.25, -0.2) is 0 Å². The van der Waals surface area contributed by atoms with E-state index in [0.717, 1.165) is 29.3 Å². The van der Waals surface area contributed by atoms with E-state index >= 15 is 0 Å². The Balaban J connectivity index is 2.41. The lowest BCUT2D eigenvalue weighted by molar-refractivity contribution is -0.0485. The van der Waals surface area contributed by atoms with Gasteiger partial charge in [0, 0.05) is 4.47 Å². The molecule has 2 heteroatoms. The van der Waals surface area contributed by atoms with E-state index in [2.05, 4.69) is 29.8 Å². The van der Waals surface area contributed by atoms with Gasteiger partial charge in [0.25, 0.3) is 0 Å². The minimum atomic E-state index is -0.645. The Morgan fingerprint density at radius 1 is 1.13 bits per heavy atom. The molecule has 0 bridgehead atoms. The van der Waals surface area contributed by atoms with Crippen LogP contribution < -0.4 is 0 Å². The normalized spacial score (nSPS) is 29.3. The molecular weight excluding hydrogens is 252 g/mol. The quantitative estimate of drug-likeness (QED) is 0.821. The van der Waals surface area contributed by atoms with Crippen LogP contribution in [0.5, 0.6) is 0 Å². The number of hydrogen-bond acceptors (Lipinski definition) is 1. The Labute approximate surface area is 99.6 Å². The van der Waals surface area contributed by atoms with Gasteiger partial charge in [-0.05, 0) is 42.4 Å². The maximum Gasteiger partial charge on any atom is 0.0947 e. The molecule has 15 heavy (non-hydrogen) atoms. The van der Waals surface area contributed by atoms with Crippen molar-refractivity contribution < 1.29 is 5.11 Å². The highest BCUT2D eigenvalue weighted by molar-refractivity contribution is 9.10. The third-order valence-corrected chi connectivity index (χ3v) is 4.31. The average molecular weight is 269 g/mol. The maximum absolute atomic E-state index is 10.8. The molecule has 0 saturated heterocycles. The summed E-state index contributed by atoms with van der Waals surface area (Å²) >= 11 is 3.42. The Morgan fingerprint density at radius 3 is 2.20 bits per heavy atom. The highest BCUT2D eigenvalue weighted by atomic mass is 79.9. The Morgan fingerprint density at radius 2 is 1.73 bits per heavy atom. The molecule has 0 heterocycles. The Kier molecular flexibility index (Phi) is 2.68. The molecule has 1 aromatic rings. The zero-order valence-electron chi connectivity index (χ0n) is 9.26. The summed E-state index contributed by atoms with van der Waals surface area (Å²) in [5.41, 5.74) is 0.391. The molecule has 0 aliphatic heterocycles. The number of rotatable bonds is 1. The summed E-state index contributed by atoms with van der Waals surface area (Å²) in [6.07, 6.45) is 3.08. The number of halogens is 1. The predicted molar refractivity (Wildman–Crippen MR) is 65.7 cm³/mol. The molecule has 0 amide bonds. The second-order valence-corrected chi connectivity index (χ2v) is 6.02. The van der Waals surface area contributed by atoms with Gasteiger partial charge >= 0.3 is 0 Å². The van der Waals surface area contributed by atoms with Crippen LogP contribution in [0.25, 0.3) is 0 Å². The van der Waals surface area contributed by atoms with Crippen molar-refractivity contribution in [2.75, 3.05) is 0 Å². The molecule has 1 aromatic carbocycles. The lowest BCUT2D eigenvalue weighted by Crippen LogP contribution is -2.36. The molecule has 2 rings (SSSR count). The fourth-order valence-electron chi connectivity index (χ4n) is 2.59. The number of benzene rings is 1. The Bertz CT molecular complexity index is 355. The van der Waals surface area contributed by atoms with E-state index in [4.69, 9.17) is 0 Å². The molecule has 1 fully saturated rings. The van der Waals surface area contributed by atoms with Crippen LogP contribution in [0.3, 0.4) is 0 Å². The molecular formula is C13H17BrO. The highest BCUT2D eigenvalue weighted by Crippen LogP contribution is 2.52. The zero-order chi connectivity index (χ0) is 11.1. The van der Waals surface area contributed by atoms with E-state index in [1.807, 2.05) is 24.3 Å². The van der Waals surface area contributed by atoms with Crippen LogP contribution in [0.4, 0.5) is 0 Å². The highest BCUT2D eigenvalue weighted by Gasteiger charge is 2.48. The summed E-state index contributed by atoms with van der Waals surface area (Å²) in [5.74, 6) is 0. The van der Waals surface area contributed by atoms with E-state index in [-0.39, 0.29) is 5.41 Å². The molecule has 0 aromatic heterocycles. The van der Waals surface area contributed by atoms with Crippen LogP contribution in [-0.4, -0.2) is 5.11 Å². The van der Waals surface area contributed by atoms with Crippen molar-refractivity contribution >= 4 is 15.9 Å². The monoisotopic (exact) mass is 268 g/mol. The molecule has 1 N–H and O–H groups in total. The summed E-state index contributed by atoms with van der Waals surface area (Å²) in [7, 11) is 0. The smallest absolute Gasteiger partial charge is 0.0947 e. The van der Waals surface area contributed by atoms with Crippen LogP contribution in [0.1, 0.15) is 38.7 Å². The van der Waals surface area contributed by atoms with Gasteiger partial charge in [-0.15, -0.1) is 0 Å². The SMILES string of the molecule is CC1(C)CCCC1(O)c1ccc(Br)cc1. The van der Waals surface area contributed by atoms with Crippen molar-refractivity contribution in [2.24, 2.45) is 5.41 Å². The second-order valence-electron chi connectivity index (χ2n) is 5.10. The van der Waals surface area contributed by atoms with Crippen molar-refractivity contribution in [3.05, 3.63) is 34.3 Å². The summed E-state index contributed by atoms with van der Waals surface area (Å²) in [6.45, 7) is 4.31. The van der Waals surface area contributed by atoms with E-state index in [1.54, 1.807) is 0 Å². The fourth-order valence-corrected chi connectivity index (χ4v) is 2.86. The topological polar surface area (TPSA) is 20.2 Å². The van der Waals surface area contributed by atoms with E-state index in [1.165, 1.54) is 0 Å². The lowest BCUT2D eigenvalue weighted by atomic mass is 9.73. The minimum absolute atomic E-state index is 0.0131. The summed E-state index contributed by atoms with van der Waals surface area (Å²) in [5, 5.41) is 10.8. The van der Waals surface area contributed by atoms with Gasteiger partial charge in [0.05, 0.1) is 5.60 Å². The van der Waals surface area contributed by atoms with Gasteiger partial charge in [0.15, 0.2) is 0 Å². The largest absolute Gasteiger partial charge is 0.385 e. The summed E-state index contributed by atoms with van der Waals surface area (Å²) in [4.78, 5) is 0. The van der Waals surface area contributed by atoms with Crippen molar-refractivity contribution in [1.82, 2.24) is 0 Å². The van der Waals surface area contributed by atoms with E-state index < -0.39 is 5.60 Å². The second kappa shape index (κ2) is 3.60. The first-order chi connectivity index (χ1) is 6.96. The lowest BCUT2D eigenvalue weighted by Gasteiger charge is -2.37. The van der Waals surface area contributed by atoms with Crippen molar-refractivity contribution in [3.63, 3.8) is 0 Å². The summed E-state index contributed by atoms with van der Waals surface area (Å²) < 4.78 is 1.06. The van der Waals surface area contributed by atoms with Gasteiger partial charge in [-0.1, -0.05) is 41.9 Å². The molecule has 0 radical (unpaired) electrons. The molecule has 1 nitrogen and oxygen atoms in total. The standard InChI is InChI=1S/C13H17BrO/c1-12(2)8-3-9-13(12,15)10-4-6-11(14)7-5-10/h4-7,15H,3,8-9H2,1-2H3.